The predicted octanol–water partition coefficient (Wildman–Crippen LogP) is 5.42. The van der Waals surface area contributed by atoms with Crippen LogP contribution in [0.15, 0.2) is 66.7 Å². The van der Waals surface area contributed by atoms with E-state index in [1.807, 2.05) is 36.4 Å². The van der Waals surface area contributed by atoms with Gasteiger partial charge in [-0.1, -0.05) is 62.9 Å². The van der Waals surface area contributed by atoms with E-state index in [2.05, 4.69) is 38.7 Å². The van der Waals surface area contributed by atoms with Crippen LogP contribution in [-0.4, -0.2) is 30.1 Å². The molecule has 5 heteroatoms. The van der Waals surface area contributed by atoms with Crippen LogP contribution in [-0.2, 0) is 10.2 Å². The first-order valence-electron chi connectivity index (χ1n) is 10.6. The summed E-state index contributed by atoms with van der Waals surface area (Å²) in [6, 6.07) is 20.1. The van der Waals surface area contributed by atoms with Crippen LogP contribution in [0.2, 0.25) is 0 Å². The maximum absolute atomic E-state index is 11.1. The number of ether oxygens (including phenoxy) is 2. The van der Waals surface area contributed by atoms with Crippen molar-refractivity contribution in [2.45, 2.75) is 32.3 Å². The average Bonchev–Trinajstić information content (AvgIpc) is 2.81. The van der Waals surface area contributed by atoms with Crippen LogP contribution in [0.25, 0.3) is 11.1 Å². The smallest absolute Gasteiger partial charge is 0.335 e. The summed E-state index contributed by atoms with van der Waals surface area (Å²) in [5.41, 5.74) is 3.98. The predicted molar refractivity (Wildman–Crippen MR) is 128 cm³/mol. The summed E-state index contributed by atoms with van der Waals surface area (Å²) in [6.45, 7) is 6.30. The molecule has 0 fully saturated rings. The van der Waals surface area contributed by atoms with E-state index in [9.17, 15) is 9.90 Å². The number of aromatic carboxylic acids is 1. The second-order valence-electron chi connectivity index (χ2n) is 8.66. The summed E-state index contributed by atoms with van der Waals surface area (Å²) in [5.74, 6) is 5.36. The van der Waals surface area contributed by atoms with Gasteiger partial charge in [-0.05, 0) is 52.9 Å². The zero-order valence-electron chi connectivity index (χ0n) is 19.3. The molecule has 0 aliphatic carbocycles. The fourth-order valence-corrected chi connectivity index (χ4v) is 3.41. The molecule has 5 nitrogen and oxygen atoms in total. The van der Waals surface area contributed by atoms with Gasteiger partial charge in [0, 0.05) is 23.8 Å². The second-order valence-corrected chi connectivity index (χ2v) is 8.66. The van der Waals surface area contributed by atoms with Crippen LogP contribution in [0.4, 0.5) is 0 Å². The van der Waals surface area contributed by atoms with Crippen molar-refractivity contribution in [3.05, 3.63) is 89.0 Å². The first kappa shape index (κ1) is 24.1. The molecule has 0 amide bonds. The first-order chi connectivity index (χ1) is 15.7. The van der Waals surface area contributed by atoms with Gasteiger partial charge in [-0.2, -0.15) is 0 Å². The van der Waals surface area contributed by atoms with Crippen LogP contribution in [0, 0.1) is 11.8 Å². The lowest BCUT2D eigenvalue weighted by Crippen LogP contribution is -2.17. The summed E-state index contributed by atoms with van der Waals surface area (Å²) >= 11 is 0. The van der Waals surface area contributed by atoms with Crippen LogP contribution in [0.3, 0.4) is 0 Å². The van der Waals surface area contributed by atoms with Crippen LogP contribution < -0.4 is 4.74 Å². The Hall–Kier alpha value is -3.59. The molecule has 0 saturated carbocycles. The normalized spacial score (nSPS) is 11.9. The molecule has 3 aromatic carbocycles. The van der Waals surface area contributed by atoms with Gasteiger partial charge in [0.2, 0.25) is 0 Å². The minimum Gasteiger partial charge on any atom is -0.478 e. The molecule has 2 N–H and O–H groups in total. The molecule has 0 aliphatic rings. The molecule has 1 atom stereocenters. The molecule has 0 spiro atoms. The Kier molecular flexibility index (Phi) is 7.55. The highest BCUT2D eigenvalue weighted by molar-refractivity contribution is 5.87. The fourth-order valence-electron chi connectivity index (χ4n) is 3.41. The molecule has 0 radical (unpaired) electrons. The Balaban J connectivity index is 2.10. The van der Waals surface area contributed by atoms with Gasteiger partial charge in [0.1, 0.15) is 11.9 Å². The highest BCUT2D eigenvalue weighted by Gasteiger charge is 2.25. The Bertz CT molecular complexity index is 1160. The molecule has 33 heavy (non-hydrogen) atoms. The van der Waals surface area contributed by atoms with Gasteiger partial charge in [-0.3, -0.25) is 0 Å². The monoisotopic (exact) mass is 444 g/mol. The topological polar surface area (TPSA) is 76.0 Å². The highest BCUT2D eigenvalue weighted by atomic mass is 16.7. The number of hydrogen-bond donors (Lipinski definition) is 2. The third-order valence-electron chi connectivity index (χ3n) is 5.13. The zero-order chi connectivity index (χ0) is 24.0. The number of benzene rings is 3. The maximum Gasteiger partial charge on any atom is 0.335 e. The Morgan fingerprint density at radius 2 is 1.67 bits per heavy atom. The van der Waals surface area contributed by atoms with Crippen molar-refractivity contribution in [2.75, 3.05) is 13.9 Å². The van der Waals surface area contributed by atoms with Gasteiger partial charge in [-0.25, -0.2) is 4.79 Å². The lowest BCUT2D eigenvalue weighted by atomic mass is 9.82. The molecule has 1 unspecified atom stereocenters. The number of hydrogen-bond acceptors (Lipinski definition) is 4. The van der Waals surface area contributed by atoms with Gasteiger partial charge < -0.3 is 19.7 Å². The van der Waals surface area contributed by atoms with Gasteiger partial charge in [0.15, 0.2) is 6.79 Å². The number of carboxylic acid groups (broad SMARTS) is 1. The number of aliphatic hydroxyl groups excluding tert-OH is 1. The van der Waals surface area contributed by atoms with Crippen molar-refractivity contribution < 1.29 is 24.5 Å². The number of carbonyl (C=O) groups is 1. The van der Waals surface area contributed by atoms with Crippen LogP contribution in [0.5, 0.6) is 5.75 Å². The SMILES string of the molecule is COCOc1c(C(O)C#Cc2ccc(C(=O)O)cc2)cc(-c2ccccc2)cc1C(C)(C)C. The third-order valence-corrected chi connectivity index (χ3v) is 5.13. The van der Waals surface area contributed by atoms with E-state index < -0.39 is 12.1 Å². The maximum atomic E-state index is 11.1. The van der Waals surface area contributed by atoms with Crippen molar-refractivity contribution in [1.29, 1.82) is 0 Å². The molecule has 170 valence electrons. The number of methoxy groups -OCH3 is 1. The Morgan fingerprint density at radius 1 is 1.00 bits per heavy atom. The number of carboxylic acids is 1. The van der Waals surface area contributed by atoms with Crippen molar-refractivity contribution in [2.24, 2.45) is 0 Å². The number of rotatable bonds is 6. The van der Waals surface area contributed by atoms with Gasteiger partial charge >= 0.3 is 5.97 Å². The zero-order valence-corrected chi connectivity index (χ0v) is 19.3. The van der Waals surface area contributed by atoms with E-state index >= 15 is 0 Å². The average molecular weight is 445 g/mol. The Labute approximate surface area is 194 Å². The van der Waals surface area contributed by atoms with Gasteiger partial charge in [0.25, 0.3) is 0 Å². The molecule has 3 aromatic rings. The largest absolute Gasteiger partial charge is 0.478 e. The lowest BCUT2D eigenvalue weighted by molar-refractivity contribution is 0.0476. The van der Waals surface area contributed by atoms with E-state index in [-0.39, 0.29) is 17.8 Å². The van der Waals surface area contributed by atoms with E-state index in [1.165, 1.54) is 12.1 Å². The van der Waals surface area contributed by atoms with Crippen molar-refractivity contribution >= 4 is 5.97 Å². The third kappa shape index (κ3) is 6.01. The molecular weight excluding hydrogens is 416 g/mol. The minimum atomic E-state index is -1.12. The van der Waals surface area contributed by atoms with Crippen molar-refractivity contribution in [3.8, 4) is 28.7 Å². The van der Waals surface area contributed by atoms with Crippen molar-refractivity contribution in [1.82, 2.24) is 0 Å². The summed E-state index contributed by atoms with van der Waals surface area (Å²) in [5, 5.41) is 20.1. The van der Waals surface area contributed by atoms with Crippen LogP contribution >= 0.6 is 0 Å². The van der Waals surface area contributed by atoms with E-state index in [1.54, 1.807) is 19.2 Å². The van der Waals surface area contributed by atoms with Gasteiger partial charge in [0.05, 0.1) is 5.56 Å². The van der Waals surface area contributed by atoms with E-state index in [0.29, 0.717) is 16.9 Å². The molecule has 0 aliphatic heterocycles. The Morgan fingerprint density at radius 3 is 2.24 bits per heavy atom. The standard InChI is InChI=1S/C28H28O5/c1-28(2,3)24-17-22(20-8-6-5-7-9-20)16-23(26(24)33-18-32-4)25(29)15-12-19-10-13-21(14-11-19)27(30)31/h5-11,13-14,16-17,25,29H,18H2,1-4H3,(H,30,31). The quantitative estimate of drug-likeness (QED) is 0.392. The van der Waals surface area contributed by atoms with E-state index in [0.717, 1.165) is 16.7 Å². The second kappa shape index (κ2) is 10.4. The first-order valence-corrected chi connectivity index (χ1v) is 10.6. The lowest BCUT2D eigenvalue weighted by Gasteiger charge is -2.26. The fraction of sp³-hybridized carbons (Fsp3) is 0.250. The summed E-state index contributed by atoms with van der Waals surface area (Å²) in [7, 11) is 1.55. The highest BCUT2D eigenvalue weighted by Crippen LogP contribution is 2.40. The van der Waals surface area contributed by atoms with Gasteiger partial charge in [-0.15, -0.1) is 0 Å². The molecule has 0 aromatic heterocycles. The number of aliphatic hydroxyl groups is 1. The molecular formula is C28H28O5. The minimum absolute atomic E-state index is 0.0392. The summed E-state index contributed by atoms with van der Waals surface area (Å²) in [4.78, 5) is 11.0. The molecule has 3 rings (SSSR count). The molecule has 0 bridgehead atoms. The van der Waals surface area contributed by atoms with Crippen LogP contribution in [0.1, 0.15) is 53.9 Å². The van der Waals surface area contributed by atoms with Crippen molar-refractivity contribution in [3.63, 3.8) is 0 Å². The van der Waals surface area contributed by atoms with E-state index in [4.69, 9.17) is 14.6 Å². The molecule has 0 saturated heterocycles. The molecule has 0 heterocycles. The summed E-state index contributed by atoms with van der Waals surface area (Å²) < 4.78 is 11.1. The summed E-state index contributed by atoms with van der Waals surface area (Å²) in [6.07, 6.45) is -1.12.